The number of benzene rings is 1. The van der Waals surface area contributed by atoms with Crippen molar-refractivity contribution in [2.24, 2.45) is 0 Å². The Morgan fingerprint density at radius 3 is 2.04 bits per heavy atom. The lowest BCUT2D eigenvalue weighted by molar-refractivity contribution is -0.127. The van der Waals surface area contributed by atoms with Gasteiger partial charge in [-0.1, -0.05) is 53.3 Å². The number of thioether (sulfide) groups is 1. The third kappa shape index (κ3) is 3.78. The van der Waals surface area contributed by atoms with Crippen LogP contribution in [0.1, 0.15) is 58.2 Å². The molecule has 4 nitrogen and oxygen atoms in total. The van der Waals surface area contributed by atoms with E-state index < -0.39 is 0 Å². The van der Waals surface area contributed by atoms with Crippen molar-refractivity contribution in [3.05, 3.63) is 33.9 Å². The number of rotatable bonds is 2. The molecule has 1 aromatic rings. The first-order chi connectivity index (χ1) is 10.9. The number of carbonyl (C=O) groups excluding carboxylic acids is 1. The van der Waals surface area contributed by atoms with Crippen LogP contribution in [0.25, 0.3) is 6.08 Å². The summed E-state index contributed by atoms with van der Waals surface area (Å²) < 4.78 is 0. The van der Waals surface area contributed by atoms with Gasteiger partial charge in [0, 0.05) is 18.2 Å². The summed E-state index contributed by atoms with van der Waals surface area (Å²) in [6.45, 7) is 12.6. The second-order valence-electron chi connectivity index (χ2n) is 8.19. The maximum absolute atomic E-state index is 11.9. The minimum absolute atomic E-state index is 0.0552. The van der Waals surface area contributed by atoms with E-state index in [0.29, 0.717) is 11.5 Å². The molecule has 1 aliphatic heterocycles. The fourth-order valence-electron chi connectivity index (χ4n) is 2.75. The quantitative estimate of drug-likeness (QED) is 0.848. The number of phenolic OH excluding ortho intramolecular Hbond substituents is 1. The molecular weight excluding hydrogens is 320 g/mol. The summed E-state index contributed by atoms with van der Waals surface area (Å²) in [5.74, 6) is 0.876. The number of amides is 1. The van der Waals surface area contributed by atoms with Crippen LogP contribution in [0.15, 0.2) is 17.2 Å². The summed E-state index contributed by atoms with van der Waals surface area (Å²) in [4.78, 5) is 11.9. The summed E-state index contributed by atoms with van der Waals surface area (Å²) in [7, 11) is 1.75. The molecule has 1 amide bonds. The van der Waals surface area contributed by atoms with Gasteiger partial charge in [0.1, 0.15) is 5.75 Å². The van der Waals surface area contributed by atoms with E-state index in [1.165, 1.54) is 11.8 Å². The van der Waals surface area contributed by atoms with E-state index >= 15 is 0 Å². The first-order valence-electron chi connectivity index (χ1n) is 8.18. The normalized spacial score (nSPS) is 17.9. The number of aromatic hydroxyl groups is 1. The lowest BCUT2D eigenvalue weighted by Crippen LogP contribution is -2.35. The van der Waals surface area contributed by atoms with E-state index in [1.807, 2.05) is 18.2 Å². The molecule has 0 bridgehead atoms. The topological polar surface area (TPSA) is 52.6 Å². The Morgan fingerprint density at radius 2 is 1.62 bits per heavy atom. The van der Waals surface area contributed by atoms with E-state index in [9.17, 15) is 9.90 Å². The van der Waals surface area contributed by atoms with Crippen molar-refractivity contribution in [1.82, 2.24) is 10.4 Å². The number of hydrogen-bond donors (Lipinski definition) is 2. The van der Waals surface area contributed by atoms with Crippen molar-refractivity contribution < 1.29 is 9.90 Å². The zero-order chi connectivity index (χ0) is 18.3. The molecule has 2 rings (SSSR count). The minimum atomic E-state index is -0.167. The monoisotopic (exact) mass is 348 g/mol. The fraction of sp³-hybridized carbons (Fsp3) is 0.526. The van der Waals surface area contributed by atoms with Gasteiger partial charge in [0.15, 0.2) is 0 Å². The molecule has 0 atom stereocenters. The summed E-state index contributed by atoms with van der Waals surface area (Å²) in [6.07, 6.45) is 2.01. The van der Waals surface area contributed by atoms with Gasteiger partial charge < -0.3 is 5.11 Å². The SMILES string of the molecule is CNN1C(=O)CSC1=Cc1cc(C(C)(C)C)c(O)c(C(C)(C)C)c1. The van der Waals surface area contributed by atoms with Gasteiger partial charge in [0.2, 0.25) is 0 Å². The summed E-state index contributed by atoms with van der Waals surface area (Å²) >= 11 is 1.52. The van der Waals surface area contributed by atoms with Crippen LogP contribution in [-0.4, -0.2) is 28.8 Å². The van der Waals surface area contributed by atoms with Crippen LogP contribution in [0.3, 0.4) is 0 Å². The number of nitrogens with one attached hydrogen (secondary N) is 1. The molecule has 1 aromatic carbocycles. The zero-order valence-corrected chi connectivity index (χ0v) is 16.5. The van der Waals surface area contributed by atoms with Gasteiger partial charge in [-0.3, -0.25) is 4.79 Å². The first kappa shape index (κ1) is 18.9. The lowest BCUT2D eigenvalue weighted by Gasteiger charge is -2.28. The summed E-state index contributed by atoms with van der Waals surface area (Å²) in [6, 6.07) is 4.05. The number of nitrogens with zero attached hydrogens (tertiary/aromatic N) is 1. The van der Waals surface area contributed by atoms with E-state index in [2.05, 4.69) is 47.0 Å². The number of phenols is 1. The summed E-state index contributed by atoms with van der Waals surface area (Å²) in [5.41, 5.74) is 5.44. The molecule has 0 spiro atoms. The van der Waals surface area contributed by atoms with Crippen LogP contribution < -0.4 is 5.43 Å². The predicted octanol–water partition coefficient (Wildman–Crippen LogP) is 4.00. The Hall–Kier alpha value is -1.46. The Morgan fingerprint density at radius 1 is 1.12 bits per heavy atom. The van der Waals surface area contributed by atoms with Crippen LogP contribution >= 0.6 is 11.8 Å². The maximum atomic E-state index is 11.9. The standard InChI is InChI=1S/C19H28N2O2S/c1-18(2,3)13-8-12(9-14(17(13)23)19(4,5)6)10-16-21(20-7)15(22)11-24-16/h8-10,20,23H,11H2,1-7H3. The van der Waals surface area contributed by atoms with Gasteiger partial charge in [-0.2, -0.15) is 0 Å². The number of hydrazine groups is 1. The molecule has 1 aliphatic rings. The van der Waals surface area contributed by atoms with Gasteiger partial charge in [-0.05, 0) is 34.6 Å². The smallest absolute Gasteiger partial charge is 0.252 e. The molecule has 1 heterocycles. The van der Waals surface area contributed by atoms with Gasteiger partial charge >= 0.3 is 0 Å². The number of hydrogen-bond acceptors (Lipinski definition) is 4. The minimum Gasteiger partial charge on any atom is -0.507 e. The van der Waals surface area contributed by atoms with E-state index in [-0.39, 0.29) is 16.7 Å². The fourth-order valence-corrected chi connectivity index (χ4v) is 3.70. The maximum Gasteiger partial charge on any atom is 0.252 e. The second-order valence-corrected chi connectivity index (χ2v) is 9.18. The highest BCUT2D eigenvalue weighted by Gasteiger charge is 2.28. The molecule has 0 aliphatic carbocycles. The average Bonchev–Trinajstić information content (AvgIpc) is 2.78. The molecule has 0 radical (unpaired) electrons. The van der Waals surface area contributed by atoms with Crippen LogP contribution in [0.2, 0.25) is 0 Å². The number of carbonyl (C=O) groups is 1. The first-order valence-corrected chi connectivity index (χ1v) is 9.16. The van der Waals surface area contributed by atoms with E-state index in [4.69, 9.17) is 0 Å². The molecule has 132 valence electrons. The van der Waals surface area contributed by atoms with Crippen LogP contribution in [0, 0.1) is 0 Å². The van der Waals surface area contributed by atoms with Crippen molar-refractivity contribution in [3.8, 4) is 5.75 Å². The Balaban J connectivity index is 2.61. The molecular formula is C19H28N2O2S. The molecule has 1 saturated heterocycles. The van der Waals surface area contributed by atoms with Crippen LogP contribution in [0.5, 0.6) is 5.75 Å². The Labute approximate surface area is 149 Å². The zero-order valence-electron chi connectivity index (χ0n) is 15.7. The molecule has 0 saturated carbocycles. The largest absolute Gasteiger partial charge is 0.507 e. The third-order valence-corrected chi connectivity index (χ3v) is 5.06. The molecule has 5 heteroatoms. The molecule has 2 N–H and O–H groups in total. The van der Waals surface area contributed by atoms with Crippen LogP contribution in [-0.2, 0) is 15.6 Å². The Kier molecular flexibility index (Phi) is 5.07. The predicted molar refractivity (Wildman–Crippen MR) is 102 cm³/mol. The lowest BCUT2D eigenvalue weighted by atomic mass is 9.78. The van der Waals surface area contributed by atoms with Crippen molar-refractivity contribution in [2.75, 3.05) is 12.8 Å². The van der Waals surface area contributed by atoms with Crippen molar-refractivity contribution >= 4 is 23.7 Å². The molecule has 24 heavy (non-hydrogen) atoms. The van der Waals surface area contributed by atoms with Crippen molar-refractivity contribution in [1.29, 1.82) is 0 Å². The van der Waals surface area contributed by atoms with Gasteiger partial charge in [-0.15, -0.1) is 0 Å². The Bertz CT molecular complexity index is 647. The second kappa shape index (κ2) is 6.45. The molecule has 0 aromatic heterocycles. The van der Waals surface area contributed by atoms with E-state index in [1.54, 1.807) is 12.1 Å². The highest BCUT2D eigenvalue weighted by atomic mass is 32.2. The van der Waals surface area contributed by atoms with Crippen molar-refractivity contribution in [3.63, 3.8) is 0 Å². The van der Waals surface area contributed by atoms with Gasteiger partial charge in [0.25, 0.3) is 5.91 Å². The molecule has 1 fully saturated rings. The third-order valence-electron chi connectivity index (χ3n) is 4.08. The highest BCUT2D eigenvalue weighted by Crippen LogP contribution is 2.40. The highest BCUT2D eigenvalue weighted by molar-refractivity contribution is 8.04. The average molecular weight is 349 g/mol. The van der Waals surface area contributed by atoms with Crippen molar-refractivity contribution in [2.45, 2.75) is 52.4 Å². The molecule has 0 unspecified atom stereocenters. The van der Waals surface area contributed by atoms with Gasteiger partial charge in [-0.25, -0.2) is 10.4 Å². The van der Waals surface area contributed by atoms with Crippen LogP contribution in [0.4, 0.5) is 0 Å². The summed E-state index contributed by atoms with van der Waals surface area (Å²) in [5, 5.41) is 13.2. The van der Waals surface area contributed by atoms with E-state index in [0.717, 1.165) is 21.7 Å². The van der Waals surface area contributed by atoms with Gasteiger partial charge in [0.05, 0.1) is 10.8 Å².